The van der Waals surface area contributed by atoms with Gasteiger partial charge < -0.3 is 14.5 Å². The SMILES string of the molecule is O=C(Nc1nn(Cc2c(F)cccc2Cl)cc1Br)c1ccc(COc2ccc(Cl)cc2)o1. The third-order valence-corrected chi connectivity index (χ3v) is 5.60. The van der Waals surface area contributed by atoms with Gasteiger partial charge in [-0.1, -0.05) is 29.3 Å². The Morgan fingerprint density at radius 1 is 1.16 bits per heavy atom. The predicted molar refractivity (Wildman–Crippen MR) is 123 cm³/mol. The Morgan fingerprint density at radius 2 is 1.94 bits per heavy atom. The molecule has 2 aromatic heterocycles. The average Bonchev–Trinajstić information content (AvgIpc) is 3.37. The van der Waals surface area contributed by atoms with Crippen molar-refractivity contribution in [2.24, 2.45) is 0 Å². The summed E-state index contributed by atoms with van der Waals surface area (Å²) in [6, 6.07) is 14.6. The topological polar surface area (TPSA) is 69.3 Å². The molecule has 10 heteroatoms. The van der Waals surface area contributed by atoms with Crippen LogP contribution in [0.2, 0.25) is 10.0 Å². The Morgan fingerprint density at radius 3 is 2.69 bits per heavy atom. The second-order valence-corrected chi connectivity index (χ2v) is 8.38. The lowest BCUT2D eigenvalue weighted by atomic mass is 10.2. The Bertz CT molecular complexity index is 1240. The highest BCUT2D eigenvalue weighted by atomic mass is 79.9. The monoisotopic (exact) mass is 537 g/mol. The summed E-state index contributed by atoms with van der Waals surface area (Å²) in [5.74, 6) is 0.539. The van der Waals surface area contributed by atoms with E-state index in [-0.39, 0.29) is 24.7 Å². The van der Waals surface area contributed by atoms with Gasteiger partial charge in [0, 0.05) is 21.8 Å². The van der Waals surface area contributed by atoms with Crippen molar-refractivity contribution in [1.29, 1.82) is 0 Å². The molecule has 4 rings (SSSR count). The van der Waals surface area contributed by atoms with Gasteiger partial charge in [0.15, 0.2) is 11.6 Å². The molecule has 0 aliphatic heterocycles. The number of hydrogen-bond acceptors (Lipinski definition) is 4. The van der Waals surface area contributed by atoms with E-state index in [0.29, 0.717) is 31.6 Å². The van der Waals surface area contributed by atoms with Crippen molar-refractivity contribution in [3.8, 4) is 5.75 Å². The number of hydrogen-bond donors (Lipinski definition) is 1. The summed E-state index contributed by atoms with van der Waals surface area (Å²) in [5.41, 5.74) is 0.304. The third-order valence-electron chi connectivity index (χ3n) is 4.41. The molecule has 0 bridgehead atoms. The number of aromatic nitrogens is 2. The van der Waals surface area contributed by atoms with E-state index in [1.807, 2.05) is 0 Å². The lowest BCUT2D eigenvalue weighted by Crippen LogP contribution is -2.12. The van der Waals surface area contributed by atoms with E-state index >= 15 is 0 Å². The summed E-state index contributed by atoms with van der Waals surface area (Å²) < 4.78 is 27.2. The van der Waals surface area contributed by atoms with Crippen LogP contribution >= 0.6 is 39.1 Å². The normalized spacial score (nSPS) is 10.9. The molecule has 32 heavy (non-hydrogen) atoms. The smallest absolute Gasteiger partial charge is 0.292 e. The summed E-state index contributed by atoms with van der Waals surface area (Å²) in [7, 11) is 0. The number of benzene rings is 2. The van der Waals surface area contributed by atoms with Gasteiger partial charge in [0.2, 0.25) is 0 Å². The third kappa shape index (κ3) is 5.32. The van der Waals surface area contributed by atoms with Crippen LogP contribution in [0.25, 0.3) is 0 Å². The maximum absolute atomic E-state index is 14.0. The van der Waals surface area contributed by atoms with E-state index in [9.17, 15) is 9.18 Å². The number of halogens is 4. The van der Waals surface area contributed by atoms with Crippen LogP contribution in [-0.2, 0) is 13.2 Å². The Balaban J connectivity index is 1.39. The minimum absolute atomic E-state index is 0.0957. The fourth-order valence-corrected chi connectivity index (χ4v) is 3.60. The number of nitrogens with zero attached hydrogens (tertiary/aromatic N) is 2. The first kappa shape index (κ1) is 22.4. The van der Waals surface area contributed by atoms with Crippen LogP contribution in [0, 0.1) is 5.82 Å². The largest absolute Gasteiger partial charge is 0.486 e. The summed E-state index contributed by atoms with van der Waals surface area (Å²) in [5, 5.41) is 7.85. The Labute approximate surface area is 201 Å². The number of carbonyl (C=O) groups is 1. The van der Waals surface area contributed by atoms with Crippen LogP contribution in [0.15, 0.2) is 69.7 Å². The van der Waals surface area contributed by atoms with E-state index in [2.05, 4.69) is 26.3 Å². The maximum Gasteiger partial charge on any atom is 0.292 e. The lowest BCUT2D eigenvalue weighted by Gasteiger charge is -2.06. The molecule has 6 nitrogen and oxygen atoms in total. The second-order valence-electron chi connectivity index (χ2n) is 6.69. The molecule has 0 atom stereocenters. The van der Waals surface area contributed by atoms with Crippen LogP contribution < -0.4 is 10.1 Å². The molecule has 1 amide bonds. The van der Waals surface area contributed by atoms with E-state index < -0.39 is 11.7 Å². The van der Waals surface area contributed by atoms with E-state index in [4.69, 9.17) is 32.4 Å². The first-order valence-electron chi connectivity index (χ1n) is 9.33. The quantitative estimate of drug-likeness (QED) is 0.289. The van der Waals surface area contributed by atoms with Gasteiger partial charge in [-0.15, -0.1) is 0 Å². The minimum Gasteiger partial charge on any atom is -0.486 e. The lowest BCUT2D eigenvalue weighted by molar-refractivity contribution is 0.0992. The fourth-order valence-electron chi connectivity index (χ4n) is 2.84. The Kier molecular flexibility index (Phi) is 6.83. The van der Waals surface area contributed by atoms with Gasteiger partial charge in [-0.3, -0.25) is 9.48 Å². The molecule has 0 radical (unpaired) electrons. The standard InChI is InChI=1S/C22H15BrCl2FN3O3/c23-17-11-29(10-16-18(25)2-1-3-19(16)26)28-21(17)27-22(30)20-9-8-15(32-20)12-31-14-6-4-13(24)5-7-14/h1-9,11H,10,12H2,(H,27,28,30). The molecule has 0 spiro atoms. The van der Waals surface area contributed by atoms with Crippen molar-refractivity contribution in [1.82, 2.24) is 9.78 Å². The number of nitrogens with one attached hydrogen (secondary N) is 1. The zero-order valence-corrected chi connectivity index (χ0v) is 19.4. The van der Waals surface area contributed by atoms with Crippen molar-refractivity contribution < 1.29 is 18.3 Å². The highest BCUT2D eigenvalue weighted by Gasteiger charge is 2.17. The maximum atomic E-state index is 14.0. The number of carbonyl (C=O) groups excluding carboxylic acids is 1. The molecular weight excluding hydrogens is 524 g/mol. The summed E-state index contributed by atoms with van der Waals surface area (Å²) in [6.45, 7) is 0.254. The van der Waals surface area contributed by atoms with Crippen molar-refractivity contribution in [2.75, 3.05) is 5.32 Å². The van der Waals surface area contributed by atoms with Gasteiger partial charge in [-0.2, -0.15) is 5.10 Å². The first-order chi connectivity index (χ1) is 15.4. The van der Waals surface area contributed by atoms with Gasteiger partial charge >= 0.3 is 0 Å². The number of rotatable bonds is 7. The van der Waals surface area contributed by atoms with Gasteiger partial charge in [-0.25, -0.2) is 4.39 Å². The van der Waals surface area contributed by atoms with Crippen molar-refractivity contribution in [2.45, 2.75) is 13.2 Å². The molecule has 0 aliphatic carbocycles. The fraction of sp³-hybridized carbons (Fsp3) is 0.0909. The number of furan rings is 1. The zero-order chi connectivity index (χ0) is 22.7. The highest BCUT2D eigenvalue weighted by molar-refractivity contribution is 9.10. The van der Waals surface area contributed by atoms with Crippen LogP contribution in [0.4, 0.5) is 10.2 Å². The van der Waals surface area contributed by atoms with Gasteiger partial charge in [0.25, 0.3) is 5.91 Å². The van der Waals surface area contributed by atoms with Crippen molar-refractivity contribution >= 4 is 50.9 Å². The minimum atomic E-state index is -0.488. The molecule has 0 fully saturated rings. The van der Waals surface area contributed by atoms with Gasteiger partial charge in [0.05, 0.1) is 11.0 Å². The molecule has 0 aliphatic rings. The van der Waals surface area contributed by atoms with E-state index in [1.165, 1.54) is 16.8 Å². The molecule has 0 unspecified atom stereocenters. The summed E-state index contributed by atoms with van der Waals surface area (Å²) >= 11 is 15.3. The molecule has 164 valence electrons. The molecule has 0 saturated carbocycles. The highest BCUT2D eigenvalue weighted by Crippen LogP contribution is 2.25. The molecule has 2 heterocycles. The molecule has 4 aromatic rings. The van der Waals surface area contributed by atoms with Crippen molar-refractivity contribution in [3.63, 3.8) is 0 Å². The molecule has 0 saturated heterocycles. The Hall–Kier alpha value is -2.81. The molecule has 1 N–H and O–H groups in total. The van der Waals surface area contributed by atoms with E-state index in [0.717, 1.165) is 0 Å². The number of ether oxygens (including phenoxy) is 1. The van der Waals surface area contributed by atoms with Gasteiger partial charge in [0.1, 0.15) is 23.9 Å². The zero-order valence-electron chi connectivity index (χ0n) is 16.3. The van der Waals surface area contributed by atoms with E-state index in [1.54, 1.807) is 48.7 Å². The van der Waals surface area contributed by atoms with Crippen LogP contribution in [0.1, 0.15) is 21.9 Å². The average molecular weight is 539 g/mol. The second kappa shape index (κ2) is 9.77. The summed E-state index contributed by atoms with van der Waals surface area (Å²) in [6.07, 6.45) is 1.62. The van der Waals surface area contributed by atoms with Crippen molar-refractivity contribution in [3.05, 3.63) is 98.2 Å². The van der Waals surface area contributed by atoms with Gasteiger partial charge in [-0.05, 0) is 64.5 Å². The number of amides is 1. The van der Waals surface area contributed by atoms with Crippen LogP contribution in [0.3, 0.4) is 0 Å². The molecule has 2 aromatic carbocycles. The molecular formula is C22H15BrCl2FN3O3. The number of anilines is 1. The summed E-state index contributed by atoms with van der Waals surface area (Å²) in [4.78, 5) is 12.6. The van der Waals surface area contributed by atoms with Crippen LogP contribution in [-0.4, -0.2) is 15.7 Å². The van der Waals surface area contributed by atoms with Crippen LogP contribution in [0.5, 0.6) is 5.75 Å². The predicted octanol–water partition coefficient (Wildman–Crippen LogP) is 6.56. The first-order valence-corrected chi connectivity index (χ1v) is 10.9.